The number of aryl methyl sites for hydroxylation is 1. The molecule has 96 valence electrons. The van der Waals surface area contributed by atoms with Crippen LogP contribution in [0.4, 0.5) is 0 Å². The lowest BCUT2D eigenvalue weighted by Gasteiger charge is -2.20. The largest absolute Gasteiger partial charge is 0.269 e. The molecule has 1 aliphatic carbocycles. The van der Waals surface area contributed by atoms with Gasteiger partial charge in [-0.05, 0) is 36.3 Å². The fraction of sp³-hybridized carbons (Fsp3) is 0.308. The zero-order chi connectivity index (χ0) is 12.8. The molecule has 19 heavy (non-hydrogen) atoms. The highest BCUT2D eigenvalue weighted by Crippen LogP contribution is 2.38. The van der Waals surface area contributed by atoms with Gasteiger partial charge < -0.3 is 0 Å². The molecule has 0 radical (unpaired) electrons. The third kappa shape index (κ3) is 1.76. The molecule has 0 N–H and O–H groups in total. The Morgan fingerprint density at radius 3 is 3.26 bits per heavy atom. The molecule has 4 rings (SSSR count). The number of thiophene rings is 1. The normalized spacial score (nSPS) is 18.7. The van der Waals surface area contributed by atoms with Crippen molar-refractivity contribution in [2.45, 2.75) is 25.2 Å². The SMILES string of the molecule is Clc1cc2nnc(C3CCCc4sccc43)n2cn1. The minimum absolute atomic E-state index is 0.327. The van der Waals surface area contributed by atoms with E-state index in [2.05, 4.69) is 26.6 Å². The summed E-state index contributed by atoms with van der Waals surface area (Å²) in [7, 11) is 0. The second kappa shape index (κ2) is 4.28. The highest BCUT2D eigenvalue weighted by atomic mass is 35.5. The molecule has 0 spiro atoms. The number of halogens is 1. The molecule has 3 aromatic heterocycles. The average Bonchev–Trinajstić information content (AvgIpc) is 3.03. The van der Waals surface area contributed by atoms with Crippen LogP contribution in [0.15, 0.2) is 23.8 Å². The summed E-state index contributed by atoms with van der Waals surface area (Å²) in [6.07, 6.45) is 5.22. The molecule has 0 bridgehead atoms. The molecule has 0 amide bonds. The van der Waals surface area contributed by atoms with Crippen LogP contribution in [0.2, 0.25) is 5.15 Å². The highest BCUT2D eigenvalue weighted by Gasteiger charge is 2.26. The van der Waals surface area contributed by atoms with Gasteiger partial charge in [0.2, 0.25) is 0 Å². The number of fused-ring (bicyclic) bond motifs is 2. The lowest BCUT2D eigenvalue weighted by atomic mass is 9.87. The van der Waals surface area contributed by atoms with Crippen LogP contribution in [-0.2, 0) is 6.42 Å². The van der Waals surface area contributed by atoms with Gasteiger partial charge >= 0.3 is 0 Å². The Kier molecular flexibility index (Phi) is 2.56. The van der Waals surface area contributed by atoms with Crippen molar-refractivity contribution in [1.29, 1.82) is 0 Å². The van der Waals surface area contributed by atoms with Gasteiger partial charge in [-0.1, -0.05) is 11.6 Å². The first-order valence-corrected chi connectivity index (χ1v) is 7.51. The second-order valence-corrected chi connectivity index (χ2v) is 6.13. The summed E-state index contributed by atoms with van der Waals surface area (Å²) in [5.41, 5.74) is 2.16. The molecule has 0 aromatic carbocycles. The smallest absolute Gasteiger partial charge is 0.165 e. The van der Waals surface area contributed by atoms with Crippen LogP contribution in [0.5, 0.6) is 0 Å². The van der Waals surface area contributed by atoms with Gasteiger partial charge in [0.15, 0.2) is 5.65 Å². The standard InChI is InChI=1S/C13H11ClN4S/c14-11-6-12-16-17-13(18(12)7-15-11)9-2-1-3-10-8(9)4-5-19-10/h4-7,9H,1-3H2. The molecule has 1 unspecified atom stereocenters. The van der Waals surface area contributed by atoms with Crippen molar-refractivity contribution in [2.24, 2.45) is 0 Å². The summed E-state index contributed by atoms with van der Waals surface area (Å²) in [4.78, 5) is 5.61. The predicted molar refractivity (Wildman–Crippen MR) is 74.9 cm³/mol. The first-order valence-electron chi connectivity index (χ1n) is 6.25. The van der Waals surface area contributed by atoms with Gasteiger partial charge in [0.25, 0.3) is 0 Å². The van der Waals surface area contributed by atoms with Gasteiger partial charge in [-0.3, -0.25) is 4.40 Å². The zero-order valence-electron chi connectivity index (χ0n) is 10.1. The average molecular weight is 291 g/mol. The summed E-state index contributed by atoms with van der Waals surface area (Å²) in [5.74, 6) is 1.30. The highest BCUT2D eigenvalue weighted by molar-refractivity contribution is 7.10. The minimum Gasteiger partial charge on any atom is -0.269 e. The third-order valence-corrected chi connectivity index (χ3v) is 4.86. The van der Waals surface area contributed by atoms with Crippen molar-refractivity contribution >= 4 is 28.6 Å². The minimum atomic E-state index is 0.327. The van der Waals surface area contributed by atoms with Crippen LogP contribution in [0.1, 0.15) is 35.0 Å². The van der Waals surface area contributed by atoms with Gasteiger partial charge in [0.05, 0.1) is 0 Å². The molecule has 3 heterocycles. The van der Waals surface area contributed by atoms with E-state index in [1.54, 1.807) is 12.4 Å². The Bertz CT molecular complexity index is 748. The number of hydrogen-bond acceptors (Lipinski definition) is 4. The van der Waals surface area contributed by atoms with Crippen molar-refractivity contribution in [3.05, 3.63) is 45.3 Å². The molecule has 3 aromatic rings. The molecular formula is C13H11ClN4S. The van der Waals surface area contributed by atoms with Crippen molar-refractivity contribution in [3.8, 4) is 0 Å². The van der Waals surface area contributed by atoms with Crippen LogP contribution < -0.4 is 0 Å². The topological polar surface area (TPSA) is 43.1 Å². The van der Waals surface area contributed by atoms with Crippen molar-refractivity contribution in [3.63, 3.8) is 0 Å². The van der Waals surface area contributed by atoms with Crippen LogP contribution >= 0.6 is 22.9 Å². The van der Waals surface area contributed by atoms with Gasteiger partial charge in [-0.25, -0.2) is 4.98 Å². The molecule has 6 heteroatoms. The summed E-state index contributed by atoms with van der Waals surface area (Å²) in [6, 6.07) is 3.96. The Hall–Kier alpha value is -1.46. The number of aromatic nitrogens is 4. The van der Waals surface area contributed by atoms with E-state index in [0.29, 0.717) is 11.1 Å². The van der Waals surface area contributed by atoms with Crippen LogP contribution in [-0.4, -0.2) is 19.6 Å². The summed E-state index contributed by atoms with van der Waals surface area (Å²) in [6.45, 7) is 0. The van der Waals surface area contributed by atoms with Gasteiger partial charge in [0, 0.05) is 16.9 Å². The van der Waals surface area contributed by atoms with Crippen molar-refractivity contribution in [1.82, 2.24) is 19.6 Å². The quantitative estimate of drug-likeness (QED) is 0.646. The monoisotopic (exact) mass is 290 g/mol. The van der Waals surface area contributed by atoms with Crippen molar-refractivity contribution < 1.29 is 0 Å². The fourth-order valence-corrected chi connectivity index (χ4v) is 3.91. The zero-order valence-corrected chi connectivity index (χ0v) is 11.7. The maximum absolute atomic E-state index is 5.89. The van der Waals surface area contributed by atoms with Crippen LogP contribution in [0.3, 0.4) is 0 Å². The van der Waals surface area contributed by atoms with E-state index in [-0.39, 0.29) is 0 Å². The number of nitrogens with zero attached hydrogens (tertiary/aromatic N) is 4. The maximum Gasteiger partial charge on any atom is 0.165 e. The summed E-state index contributed by atoms with van der Waals surface area (Å²) in [5, 5.41) is 11.2. The maximum atomic E-state index is 5.89. The van der Waals surface area contributed by atoms with E-state index in [0.717, 1.165) is 17.9 Å². The number of rotatable bonds is 1. The molecule has 0 aliphatic heterocycles. The Balaban J connectivity index is 1.88. The van der Waals surface area contributed by atoms with Crippen LogP contribution in [0.25, 0.3) is 5.65 Å². The van der Waals surface area contributed by atoms with Gasteiger partial charge in [-0.2, -0.15) is 0 Å². The third-order valence-electron chi connectivity index (χ3n) is 3.66. The predicted octanol–water partition coefficient (Wildman–Crippen LogP) is 3.31. The van der Waals surface area contributed by atoms with E-state index >= 15 is 0 Å². The van der Waals surface area contributed by atoms with Crippen molar-refractivity contribution in [2.75, 3.05) is 0 Å². The molecule has 0 saturated heterocycles. The lowest BCUT2D eigenvalue weighted by Crippen LogP contribution is -2.12. The molecular weight excluding hydrogens is 280 g/mol. The molecule has 1 atom stereocenters. The van der Waals surface area contributed by atoms with E-state index < -0.39 is 0 Å². The van der Waals surface area contributed by atoms with E-state index in [9.17, 15) is 0 Å². The molecule has 1 aliphatic rings. The second-order valence-electron chi connectivity index (χ2n) is 4.74. The molecule has 4 nitrogen and oxygen atoms in total. The summed E-state index contributed by atoms with van der Waals surface area (Å²) >= 11 is 7.73. The number of hydrogen-bond donors (Lipinski definition) is 0. The van der Waals surface area contributed by atoms with E-state index in [1.807, 2.05) is 15.7 Å². The van der Waals surface area contributed by atoms with Gasteiger partial charge in [0.1, 0.15) is 17.3 Å². The first-order chi connectivity index (χ1) is 9.33. The summed E-state index contributed by atoms with van der Waals surface area (Å²) < 4.78 is 1.95. The molecule has 0 fully saturated rings. The Labute approximate surface area is 119 Å². The van der Waals surface area contributed by atoms with E-state index in [4.69, 9.17) is 11.6 Å². The van der Waals surface area contributed by atoms with E-state index in [1.165, 1.54) is 23.3 Å². The Morgan fingerprint density at radius 2 is 2.32 bits per heavy atom. The Morgan fingerprint density at radius 1 is 1.37 bits per heavy atom. The first kappa shape index (κ1) is 11.4. The van der Waals surface area contributed by atoms with Gasteiger partial charge in [-0.15, -0.1) is 21.5 Å². The lowest BCUT2D eigenvalue weighted by molar-refractivity contribution is 0.592. The molecule has 0 saturated carbocycles. The van der Waals surface area contributed by atoms with Crippen LogP contribution in [0, 0.1) is 0 Å². The fourth-order valence-electron chi connectivity index (χ4n) is 2.78.